The van der Waals surface area contributed by atoms with E-state index in [1.807, 2.05) is 53.1 Å². The zero-order valence-corrected chi connectivity index (χ0v) is 33.5. The molecule has 0 amide bonds. The maximum absolute atomic E-state index is 7.44. The van der Waals surface area contributed by atoms with E-state index < -0.39 is 23.3 Å². The van der Waals surface area contributed by atoms with Crippen LogP contribution in [0.25, 0.3) is 21.9 Å². The Bertz CT molecular complexity index is 2010. The number of ether oxygens (including phenoxy) is 2. The molecule has 7 rings (SSSR count). The summed E-state index contributed by atoms with van der Waals surface area (Å²) in [5, 5.41) is 5.84. The molecule has 11 nitrogen and oxygen atoms in total. The molecule has 276 valence electrons. The van der Waals surface area contributed by atoms with Crippen LogP contribution in [0.15, 0.2) is 72.8 Å². The molecule has 0 bridgehead atoms. The van der Waals surface area contributed by atoms with Crippen molar-refractivity contribution in [2.75, 3.05) is 17.7 Å². The molecule has 3 N–H and O–H groups in total. The number of rotatable bonds is 10. The Hall–Kier alpha value is -3.86. The van der Waals surface area contributed by atoms with Gasteiger partial charge < -0.3 is 33.5 Å². The summed E-state index contributed by atoms with van der Waals surface area (Å²) in [6.07, 6.45) is -0.527. The first-order chi connectivity index (χ1) is 24.9. The van der Waals surface area contributed by atoms with Crippen LogP contribution in [-0.4, -0.2) is 55.5 Å². The molecule has 0 saturated carbocycles. The minimum atomic E-state index is -2.85. The molecule has 5 aromatic rings. The maximum Gasteiger partial charge on any atom is 0.335 e. The van der Waals surface area contributed by atoms with Gasteiger partial charge >= 0.3 is 17.1 Å². The number of hydrogen-bond acceptors (Lipinski definition) is 10. The molecule has 52 heavy (non-hydrogen) atoms. The van der Waals surface area contributed by atoms with Gasteiger partial charge in [0.05, 0.1) is 12.7 Å². The molecule has 0 radical (unpaired) electrons. The predicted octanol–water partition coefficient (Wildman–Crippen LogP) is 9.13. The quantitative estimate of drug-likeness (QED) is 0.134. The summed E-state index contributed by atoms with van der Waals surface area (Å²) in [6, 6.07) is 24.5. The van der Waals surface area contributed by atoms with Crippen LogP contribution in [0.4, 0.5) is 17.6 Å². The largest absolute Gasteiger partial charge is 0.471 e. The number of nitrogens with two attached hydrogens (primary N) is 1. The van der Waals surface area contributed by atoms with Crippen LogP contribution in [0, 0.1) is 0 Å². The lowest BCUT2D eigenvalue weighted by molar-refractivity contribution is -0.0539. The van der Waals surface area contributed by atoms with Gasteiger partial charge in [0.15, 0.2) is 11.2 Å². The van der Waals surface area contributed by atoms with Crippen molar-refractivity contribution >= 4 is 56.6 Å². The van der Waals surface area contributed by atoms with E-state index in [0.29, 0.717) is 42.6 Å². The van der Waals surface area contributed by atoms with Crippen LogP contribution >= 0.6 is 0 Å². The fourth-order valence-corrected chi connectivity index (χ4v) is 19.1. The summed E-state index contributed by atoms with van der Waals surface area (Å²) >= 11 is 0. The van der Waals surface area contributed by atoms with Crippen LogP contribution in [0.2, 0.25) is 22.2 Å². The van der Waals surface area contributed by atoms with Crippen molar-refractivity contribution in [3.05, 3.63) is 78.4 Å². The third-order valence-corrected chi connectivity index (χ3v) is 20.8. The Morgan fingerprint density at radius 1 is 0.808 bits per heavy atom. The molecule has 2 aromatic heterocycles. The van der Waals surface area contributed by atoms with Gasteiger partial charge in [-0.1, -0.05) is 116 Å². The zero-order valence-electron chi connectivity index (χ0n) is 31.5. The third-order valence-electron chi connectivity index (χ3n) is 10.6. The lowest BCUT2D eigenvalue weighted by atomic mass is 10.1. The summed E-state index contributed by atoms with van der Waals surface area (Å²) in [4.78, 5) is 14.3. The number of benzene rings is 3. The maximum atomic E-state index is 7.44. The fraction of sp³-hybridized carbons (Fsp3) is 0.462. The van der Waals surface area contributed by atoms with Gasteiger partial charge in [-0.15, -0.1) is 0 Å². The average molecular weight is 741 g/mol. The molecule has 0 unspecified atom stereocenters. The van der Waals surface area contributed by atoms with Crippen molar-refractivity contribution in [1.82, 2.24) is 19.5 Å². The van der Waals surface area contributed by atoms with E-state index in [1.54, 1.807) is 0 Å². The first-order valence-corrected chi connectivity index (χ1v) is 22.5. The molecule has 13 heteroatoms. The monoisotopic (exact) mass is 740 g/mol. The number of anilines is 3. The minimum absolute atomic E-state index is 0.0849. The molecule has 0 spiro atoms. The van der Waals surface area contributed by atoms with Crippen molar-refractivity contribution < 1.29 is 22.4 Å². The molecular weight excluding hydrogens is 689 g/mol. The lowest BCUT2D eigenvalue weighted by Gasteiger charge is -2.51. The van der Waals surface area contributed by atoms with Gasteiger partial charge in [0.25, 0.3) is 0 Å². The van der Waals surface area contributed by atoms with Crippen LogP contribution in [0.3, 0.4) is 0 Å². The normalized spacial score (nSPS) is 21.6. The van der Waals surface area contributed by atoms with E-state index in [-0.39, 0.29) is 40.3 Å². The van der Waals surface area contributed by atoms with Crippen LogP contribution in [0.5, 0.6) is 5.88 Å². The Morgan fingerprint density at radius 2 is 1.48 bits per heavy atom. The SMILES string of the molecule is CC(C)[Si]1(C(C)C)OC[C@H]2O[C@@H](n3c(Nc4ccc5ccccc5c4)nc4c(OCc5ccccc5)nc(N)nc43)C[C@@H]2O[Si](C(C)C)(C(C)C)O1. The topological polar surface area (TPSA) is 128 Å². The minimum Gasteiger partial charge on any atom is -0.471 e. The number of fused-ring (bicyclic) bond motifs is 3. The average Bonchev–Trinajstić information content (AvgIpc) is 3.66. The first kappa shape index (κ1) is 36.5. The third kappa shape index (κ3) is 6.74. The summed E-state index contributed by atoms with van der Waals surface area (Å²) in [5.74, 6) is 0.927. The van der Waals surface area contributed by atoms with Crippen molar-refractivity contribution in [3.8, 4) is 5.88 Å². The highest BCUT2D eigenvalue weighted by atomic mass is 28.5. The van der Waals surface area contributed by atoms with E-state index in [4.69, 9.17) is 38.1 Å². The molecule has 3 aromatic carbocycles. The van der Waals surface area contributed by atoms with Gasteiger partial charge in [-0.05, 0) is 50.6 Å². The van der Waals surface area contributed by atoms with Gasteiger partial charge in [-0.25, -0.2) is 4.98 Å². The number of nitrogens with zero attached hydrogens (tertiary/aromatic N) is 4. The van der Waals surface area contributed by atoms with E-state index in [2.05, 4.69) is 90.0 Å². The highest BCUT2D eigenvalue weighted by Gasteiger charge is 2.60. The molecule has 2 fully saturated rings. The second-order valence-electron chi connectivity index (χ2n) is 15.3. The first-order valence-electron chi connectivity index (χ1n) is 18.6. The Morgan fingerprint density at radius 3 is 2.17 bits per heavy atom. The zero-order chi connectivity index (χ0) is 36.8. The second kappa shape index (κ2) is 14.5. The molecule has 3 atom stereocenters. The van der Waals surface area contributed by atoms with Crippen LogP contribution in [-0.2, 0) is 24.3 Å². The second-order valence-corrected chi connectivity index (χ2v) is 24.2. The number of aromatic nitrogens is 4. The molecule has 4 heterocycles. The predicted molar refractivity (Wildman–Crippen MR) is 210 cm³/mol. The number of nitrogens with one attached hydrogen (secondary N) is 1. The Kier molecular flexibility index (Phi) is 10.2. The van der Waals surface area contributed by atoms with E-state index >= 15 is 0 Å². The number of nitrogen functional groups attached to an aromatic ring is 1. The summed E-state index contributed by atoms with van der Waals surface area (Å²) in [6.45, 7) is 18.6. The molecule has 0 aliphatic carbocycles. The molecule has 2 aliphatic rings. The van der Waals surface area contributed by atoms with Crippen LogP contribution in [0.1, 0.15) is 73.6 Å². The summed E-state index contributed by atoms with van der Waals surface area (Å²) in [7, 11) is -5.58. The standard InChI is InChI=1S/C39H52N6O5Si2/c1-24(2)51(25(3)4)47-23-33-32(49-52(50-51,26(5)6)27(7)8)21-34(48-33)45-36-35(37(44-38(40)43-36)46-22-28-14-10-9-11-15-28)42-39(45)41-31-19-18-29-16-12-13-17-30(29)20-31/h9-20,24-27,32-34H,21-23H2,1-8H3,(H,41,42)(H2,40,43,44)/t32-,33+,34+/m0/s1. The Balaban J connectivity index is 1.31. The van der Waals surface area contributed by atoms with Crippen molar-refractivity contribution in [1.29, 1.82) is 0 Å². The van der Waals surface area contributed by atoms with E-state index in [1.165, 1.54) is 0 Å². The van der Waals surface area contributed by atoms with Crippen molar-refractivity contribution in [3.63, 3.8) is 0 Å². The number of imidazole rings is 1. The lowest BCUT2D eigenvalue weighted by Crippen LogP contribution is -2.65. The van der Waals surface area contributed by atoms with Gasteiger partial charge in [0.2, 0.25) is 17.8 Å². The van der Waals surface area contributed by atoms with Gasteiger partial charge in [0.1, 0.15) is 18.9 Å². The fourth-order valence-electron chi connectivity index (χ4n) is 7.84. The molecule has 2 aliphatic heterocycles. The smallest absolute Gasteiger partial charge is 0.335 e. The van der Waals surface area contributed by atoms with Crippen LogP contribution < -0.4 is 15.8 Å². The van der Waals surface area contributed by atoms with Gasteiger partial charge in [-0.3, -0.25) is 4.57 Å². The summed E-state index contributed by atoms with van der Waals surface area (Å²) < 4.78 is 37.1. The van der Waals surface area contributed by atoms with Gasteiger partial charge in [0, 0.05) is 12.1 Å². The molecule has 2 saturated heterocycles. The van der Waals surface area contributed by atoms with Gasteiger partial charge in [-0.2, -0.15) is 9.97 Å². The number of hydrogen-bond donors (Lipinski definition) is 2. The van der Waals surface area contributed by atoms with Crippen molar-refractivity contribution in [2.24, 2.45) is 0 Å². The van der Waals surface area contributed by atoms with E-state index in [0.717, 1.165) is 22.0 Å². The highest BCUT2D eigenvalue weighted by Crippen LogP contribution is 2.49. The van der Waals surface area contributed by atoms with Crippen molar-refractivity contribution in [2.45, 2.75) is 109 Å². The summed E-state index contributed by atoms with van der Waals surface area (Å²) in [5.41, 5.74) is 10.1. The molecular formula is C39H52N6O5Si2. The Labute approximate surface area is 308 Å². The van der Waals surface area contributed by atoms with E-state index in [9.17, 15) is 0 Å². The highest BCUT2D eigenvalue weighted by molar-refractivity contribution is 6.84.